The molecule has 0 unspecified atom stereocenters. The maximum atomic E-state index is 13.4. The first kappa shape index (κ1) is 12.3. The van der Waals surface area contributed by atoms with E-state index < -0.39 is 11.8 Å². The van der Waals surface area contributed by atoms with Gasteiger partial charge < -0.3 is 9.47 Å². The standard InChI is InChI=1S/C12H12ClFO3/c13-8-1-2-11(14)10(7-8)12(15)17-9-3-5-16-6-4-9/h1-2,7,9H,3-6H2. The first-order valence-electron chi connectivity index (χ1n) is 5.40. The van der Waals surface area contributed by atoms with Crippen LogP contribution in [0.25, 0.3) is 0 Å². The molecule has 0 N–H and O–H groups in total. The molecule has 1 aliphatic rings. The Morgan fingerprint density at radius 2 is 2.12 bits per heavy atom. The maximum Gasteiger partial charge on any atom is 0.341 e. The average molecular weight is 259 g/mol. The predicted octanol–water partition coefficient (Wildman–Crippen LogP) is 2.81. The Morgan fingerprint density at radius 1 is 1.41 bits per heavy atom. The molecule has 17 heavy (non-hydrogen) atoms. The molecule has 1 fully saturated rings. The highest BCUT2D eigenvalue weighted by Crippen LogP contribution is 2.18. The van der Waals surface area contributed by atoms with Gasteiger partial charge in [-0.3, -0.25) is 0 Å². The second kappa shape index (κ2) is 5.47. The van der Waals surface area contributed by atoms with Gasteiger partial charge in [0.05, 0.1) is 18.8 Å². The third-order valence-electron chi connectivity index (χ3n) is 2.59. The van der Waals surface area contributed by atoms with Gasteiger partial charge in [0.25, 0.3) is 0 Å². The second-order valence-electron chi connectivity index (χ2n) is 3.84. The Labute approximate surface area is 103 Å². The molecular formula is C12H12ClFO3. The van der Waals surface area contributed by atoms with E-state index in [2.05, 4.69) is 0 Å². The van der Waals surface area contributed by atoms with Crippen molar-refractivity contribution in [2.24, 2.45) is 0 Å². The van der Waals surface area contributed by atoms with Gasteiger partial charge in [0.1, 0.15) is 11.9 Å². The van der Waals surface area contributed by atoms with Crippen LogP contribution >= 0.6 is 11.6 Å². The average Bonchev–Trinajstić information content (AvgIpc) is 2.33. The highest BCUT2D eigenvalue weighted by molar-refractivity contribution is 6.30. The van der Waals surface area contributed by atoms with Crippen molar-refractivity contribution in [1.82, 2.24) is 0 Å². The van der Waals surface area contributed by atoms with Crippen LogP contribution in [0.15, 0.2) is 18.2 Å². The molecular weight excluding hydrogens is 247 g/mol. The summed E-state index contributed by atoms with van der Waals surface area (Å²) in [6.45, 7) is 1.13. The minimum absolute atomic E-state index is 0.121. The molecule has 0 aromatic heterocycles. The Balaban J connectivity index is 2.05. The molecule has 0 saturated carbocycles. The Bertz CT molecular complexity index is 416. The van der Waals surface area contributed by atoms with E-state index in [1.165, 1.54) is 12.1 Å². The summed E-state index contributed by atoms with van der Waals surface area (Å²) in [7, 11) is 0. The first-order chi connectivity index (χ1) is 8.16. The fourth-order valence-electron chi connectivity index (χ4n) is 1.66. The number of hydrogen-bond acceptors (Lipinski definition) is 3. The van der Waals surface area contributed by atoms with Gasteiger partial charge in [-0.05, 0) is 18.2 Å². The van der Waals surface area contributed by atoms with Crippen molar-refractivity contribution in [3.63, 3.8) is 0 Å². The van der Waals surface area contributed by atoms with Crippen LogP contribution in [0.3, 0.4) is 0 Å². The van der Waals surface area contributed by atoms with Gasteiger partial charge in [0.2, 0.25) is 0 Å². The Kier molecular flexibility index (Phi) is 3.97. The molecule has 0 aliphatic carbocycles. The maximum absolute atomic E-state index is 13.4. The summed E-state index contributed by atoms with van der Waals surface area (Å²) in [6.07, 6.45) is 1.09. The zero-order valence-corrected chi connectivity index (χ0v) is 9.87. The van der Waals surface area contributed by atoms with Crippen LogP contribution < -0.4 is 0 Å². The number of carbonyl (C=O) groups excluding carboxylic acids is 1. The van der Waals surface area contributed by atoms with Crippen molar-refractivity contribution >= 4 is 17.6 Å². The van der Waals surface area contributed by atoms with Crippen LogP contribution in [0.4, 0.5) is 4.39 Å². The highest BCUT2D eigenvalue weighted by Gasteiger charge is 2.21. The lowest BCUT2D eigenvalue weighted by molar-refractivity contribution is -0.0162. The van der Waals surface area contributed by atoms with Crippen LogP contribution in [-0.2, 0) is 9.47 Å². The normalized spacial score (nSPS) is 16.8. The van der Waals surface area contributed by atoms with Gasteiger partial charge in [-0.15, -0.1) is 0 Å². The van der Waals surface area contributed by atoms with Crippen molar-refractivity contribution in [2.45, 2.75) is 18.9 Å². The highest BCUT2D eigenvalue weighted by atomic mass is 35.5. The van der Waals surface area contributed by atoms with Crippen molar-refractivity contribution in [2.75, 3.05) is 13.2 Å². The summed E-state index contributed by atoms with van der Waals surface area (Å²) in [5.41, 5.74) is -0.121. The number of esters is 1. The van der Waals surface area contributed by atoms with Crippen molar-refractivity contribution in [1.29, 1.82) is 0 Å². The fourth-order valence-corrected chi connectivity index (χ4v) is 1.83. The van der Waals surface area contributed by atoms with E-state index in [9.17, 15) is 9.18 Å². The zero-order valence-electron chi connectivity index (χ0n) is 9.12. The summed E-state index contributed by atoms with van der Waals surface area (Å²) in [6, 6.07) is 3.82. The molecule has 0 bridgehead atoms. The molecule has 0 spiro atoms. The number of ether oxygens (including phenoxy) is 2. The van der Waals surface area contributed by atoms with Crippen LogP contribution in [-0.4, -0.2) is 25.3 Å². The van der Waals surface area contributed by atoms with Crippen molar-refractivity contribution in [3.05, 3.63) is 34.6 Å². The van der Waals surface area contributed by atoms with Gasteiger partial charge in [-0.1, -0.05) is 11.6 Å². The lowest BCUT2D eigenvalue weighted by atomic mass is 10.1. The molecule has 1 aromatic carbocycles. The number of hydrogen-bond donors (Lipinski definition) is 0. The molecule has 0 atom stereocenters. The third kappa shape index (κ3) is 3.17. The number of halogens is 2. The minimum atomic E-state index is -0.670. The van der Waals surface area contributed by atoms with E-state index >= 15 is 0 Å². The van der Waals surface area contributed by atoms with Gasteiger partial charge >= 0.3 is 5.97 Å². The fraction of sp³-hybridized carbons (Fsp3) is 0.417. The largest absolute Gasteiger partial charge is 0.459 e. The summed E-state index contributed by atoms with van der Waals surface area (Å²) >= 11 is 5.71. The summed E-state index contributed by atoms with van der Waals surface area (Å²) in [5, 5.41) is 0.310. The predicted molar refractivity (Wildman–Crippen MR) is 60.7 cm³/mol. The van der Waals surface area contributed by atoms with Crippen molar-refractivity contribution < 1.29 is 18.7 Å². The lowest BCUT2D eigenvalue weighted by Crippen LogP contribution is -2.26. The first-order valence-corrected chi connectivity index (χ1v) is 5.78. The second-order valence-corrected chi connectivity index (χ2v) is 4.28. The van der Waals surface area contributed by atoms with Crippen LogP contribution in [0.2, 0.25) is 5.02 Å². The molecule has 2 rings (SSSR count). The molecule has 1 heterocycles. The number of benzene rings is 1. The van der Waals surface area contributed by atoms with E-state index in [4.69, 9.17) is 21.1 Å². The van der Waals surface area contributed by atoms with E-state index in [-0.39, 0.29) is 11.7 Å². The Hall–Kier alpha value is -1.13. The van der Waals surface area contributed by atoms with Gasteiger partial charge in [0, 0.05) is 17.9 Å². The molecule has 1 aliphatic heterocycles. The van der Waals surface area contributed by atoms with Crippen molar-refractivity contribution in [3.8, 4) is 0 Å². The molecule has 1 saturated heterocycles. The van der Waals surface area contributed by atoms with Gasteiger partial charge in [0.15, 0.2) is 0 Å². The summed E-state index contributed by atoms with van der Waals surface area (Å²) in [4.78, 5) is 11.7. The van der Waals surface area contributed by atoms with Gasteiger partial charge in [-0.25, -0.2) is 9.18 Å². The van der Waals surface area contributed by atoms with E-state index in [0.717, 1.165) is 6.07 Å². The van der Waals surface area contributed by atoms with Crippen LogP contribution in [0.1, 0.15) is 23.2 Å². The molecule has 0 amide bonds. The molecule has 1 aromatic rings. The lowest BCUT2D eigenvalue weighted by Gasteiger charge is -2.22. The quantitative estimate of drug-likeness (QED) is 0.765. The topological polar surface area (TPSA) is 35.5 Å². The third-order valence-corrected chi connectivity index (χ3v) is 2.83. The van der Waals surface area contributed by atoms with E-state index in [0.29, 0.717) is 31.1 Å². The molecule has 0 radical (unpaired) electrons. The van der Waals surface area contributed by atoms with E-state index in [1.807, 2.05) is 0 Å². The van der Waals surface area contributed by atoms with Crippen LogP contribution in [0, 0.1) is 5.82 Å². The minimum Gasteiger partial charge on any atom is -0.459 e. The SMILES string of the molecule is O=C(OC1CCOCC1)c1cc(Cl)ccc1F. The zero-order chi connectivity index (χ0) is 12.3. The Morgan fingerprint density at radius 3 is 2.82 bits per heavy atom. The number of carbonyl (C=O) groups is 1. The number of rotatable bonds is 2. The molecule has 3 nitrogen and oxygen atoms in total. The summed E-state index contributed by atoms with van der Waals surface area (Å²) < 4.78 is 23.7. The molecule has 5 heteroatoms. The van der Waals surface area contributed by atoms with Crippen LogP contribution in [0.5, 0.6) is 0 Å². The monoisotopic (exact) mass is 258 g/mol. The smallest absolute Gasteiger partial charge is 0.341 e. The van der Waals surface area contributed by atoms with Gasteiger partial charge in [-0.2, -0.15) is 0 Å². The summed E-state index contributed by atoms with van der Waals surface area (Å²) in [5.74, 6) is -1.29. The molecule has 92 valence electrons. The van der Waals surface area contributed by atoms with E-state index in [1.54, 1.807) is 0 Å².